The van der Waals surface area contributed by atoms with E-state index in [1.54, 1.807) is 0 Å². The number of rotatable bonds is 5. The molecule has 2 aliphatic carbocycles. The number of hydrogen-bond acceptors (Lipinski definition) is 2. The van der Waals surface area contributed by atoms with Gasteiger partial charge in [0.1, 0.15) is 0 Å². The van der Waals surface area contributed by atoms with Crippen molar-refractivity contribution in [1.29, 1.82) is 0 Å². The van der Waals surface area contributed by atoms with Gasteiger partial charge in [-0.2, -0.15) is 13.2 Å². The first-order valence-electron chi connectivity index (χ1n) is 7.41. The molecular weight excluding hydrogens is 269 g/mol. The first-order chi connectivity index (χ1) is 9.36. The lowest BCUT2D eigenvalue weighted by molar-refractivity contribution is -0.186. The van der Waals surface area contributed by atoms with E-state index in [1.165, 1.54) is 0 Å². The van der Waals surface area contributed by atoms with Crippen LogP contribution in [0.2, 0.25) is 0 Å². The molecule has 0 aromatic heterocycles. The van der Waals surface area contributed by atoms with E-state index in [9.17, 15) is 18.0 Å². The molecule has 1 amide bonds. The first-order valence-corrected chi connectivity index (χ1v) is 7.41. The highest BCUT2D eigenvalue weighted by atomic mass is 19.4. The maximum absolute atomic E-state index is 12.7. The quantitative estimate of drug-likeness (QED) is 0.818. The van der Waals surface area contributed by atoms with Gasteiger partial charge in [0.05, 0.1) is 5.92 Å². The van der Waals surface area contributed by atoms with E-state index in [0.29, 0.717) is 25.9 Å². The molecule has 20 heavy (non-hydrogen) atoms. The van der Waals surface area contributed by atoms with Crippen LogP contribution in [0.5, 0.6) is 0 Å². The topological polar surface area (TPSA) is 55.1 Å². The summed E-state index contributed by atoms with van der Waals surface area (Å²) in [6, 6.07) is 0. The zero-order valence-electron chi connectivity index (χ0n) is 11.6. The molecule has 0 radical (unpaired) electrons. The number of amides is 1. The number of carbonyl (C=O) groups is 1. The smallest absolute Gasteiger partial charge is 0.355 e. The molecule has 0 spiro atoms. The lowest BCUT2D eigenvalue weighted by Gasteiger charge is -2.30. The van der Waals surface area contributed by atoms with Gasteiger partial charge in [0.15, 0.2) is 0 Å². The third kappa shape index (κ3) is 3.87. The Morgan fingerprint density at radius 2 is 2.00 bits per heavy atom. The van der Waals surface area contributed by atoms with Gasteiger partial charge in [0.25, 0.3) is 0 Å². The van der Waals surface area contributed by atoms with E-state index in [4.69, 9.17) is 5.73 Å². The van der Waals surface area contributed by atoms with Gasteiger partial charge in [-0.25, -0.2) is 0 Å². The lowest BCUT2D eigenvalue weighted by Crippen LogP contribution is -2.39. The highest BCUT2D eigenvalue weighted by molar-refractivity contribution is 5.78. The van der Waals surface area contributed by atoms with Crippen LogP contribution in [0.15, 0.2) is 0 Å². The molecule has 3 nitrogen and oxygen atoms in total. The highest BCUT2D eigenvalue weighted by Crippen LogP contribution is 2.48. The molecule has 0 heterocycles. The zero-order chi connectivity index (χ0) is 14.8. The van der Waals surface area contributed by atoms with Gasteiger partial charge in [-0.15, -0.1) is 0 Å². The number of carbonyl (C=O) groups excluding carboxylic acids is 1. The summed E-state index contributed by atoms with van der Waals surface area (Å²) in [5, 5.41) is 2.85. The number of nitrogens with two attached hydrogens (primary N) is 1. The van der Waals surface area contributed by atoms with Gasteiger partial charge < -0.3 is 11.1 Å². The van der Waals surface area contributed by atoms with Gasteiger partial charge in [-0.05, 0) is 50.5 Å². The van der Waals surface area contributed by atoms with Crippen LogP contribution in [0.3, 0.4) is 0 Å². The molecule has 2 rings (SSSR count). The molecule has 2 fully saturated rings. The molecule has 0 bridgehead atoms. The predicted octanol–water partition coefficient (Wildman–Crippen LogP) is 2.60. The highest BCUT2D eigenvalue weighted by Gasteiger charge is 2.45. The number of halogens is 3. The van der Waals surface area contributed by atoms with Gasteiger partial charge in [-0.3, -0.25) is 4.79 Å². The SMILES string of the molecule is NCCC1(CNC(=O)C2CCCC(C(F)(F)F)C2)CC1. The van der Waals surface area contributed by atoms with Gasteiger partial charge >= 0.3 is 6.18 Å². The van der Waals surface area contributed by atoms with Gasteiger partial charge in [0.2, 0.25) is 5.91 Å². The Morgan fingerprint density at radius 3 is 2.55 bits per heavy atom. The van der Waals surface area contributed by atoms with Crippen molar-refractivity contribution in [2.45, 2.75) is 51.1 Å². The van der Waals surface area contributed by atoms with Crippen LogP contribution in [-0.4, -0.2) is 25.2 Å². The summed E-state index contributed by atoms with van der Waals surface area (Å²) >= 11 is 0. The molecule has 0 aromatic rings. The Labute approximate surface area is 117 Å². The largest absolute Gasteiger partial charge is 0.391 e. The molecule has 0 aromatic carbocycles. The third-order valence-electron chi connectivity index (χ3n) is 4.78. The average molecular weight is 292 g/mol. The third-order valence-corrected chi connectivity index (χ3v) is 4.78. The van der Waals surface area contributed by atoms with E-state index >= 15 is 0 Å². The molecule has 3 N–H and O–H groups in total. The fraction of sp³-hybridized carbons (Fsp3) is 0.929. The minimum Gasteiger partial charge on any atom is -0.355 e. The summed E-state index contributed by atoms with van der Waals surface area (Å²) in [5.41, 5.74) is 5.66. The molecule has 116 valence electrons. The number of alkyl halides is 3. The summed E-state index contributed by atoms with van der Waals surface area (Å²) in [6.07, 6.45) is -0.0257. The van der Waals surface area contributed by atoms with Gasteiger partial charge in [-0.1, -0.05) is 6.42 Å². The van der Waals surface area contributed by atoms with Gasteiger partial charge in [0, 0.05) is 12.5 Å². The number of hydrogen-bond donors (Lipinski definition) is 2. The van der Waals surface area contributed by atoms with Crippen molar-refractivity contribution in [3.63, 3.8) is 0 Å². The van der Waals surface area contributed by atoms with Crippen LogP contribution >= 0.6 is 0 Å². The van der Waals surface area contributed by atoms with Crippen LogP contribution in [0, 0.1) is 17.3 Å². The lowest BCUT2D eigenvalue weighted by atomic mass is 9.80. The van der Waals surface area contributed by atoms with E-state index in [2.05, 4.69) is 5.32 Å². The summed E-state index contributed by atoms with van der Waals surface area (Å²) in [6.45, 7) is 1.16. The molecule has 0 aliphatic heterocycles. The maximum atomic E-state index is 12.7. The molecule has 0 saturated heterocycles. The van der Waals surface area contributed by atoms with Crippen molar-refractivity contribution in [3.8, 4) is 0 Å². The minimum atomic E-state index is -4.17. The normalized spacial score (nSPS) is 29.0. The zero-order valence-corrected chi connectivity index (χ0v) is 11.6. The Morgan fingerprint density at radius 1 is 1.30 bits per heavy atom. The Bertz CT molecular complexity index is 353. The van der Waals surface area contributed by atoms with Crippen molar-refractivity contribution in [3.05, 3.63) is 0 Å². The van der Waals surface area contributed by atoms with E-state index < -0.39 is 18.0 Å². The molecule has 2 unspecified atom stereocenters. The van der Waals surface area contributed by atoms with Crippen molar-refractivity contribution < 1.29 is 18.0 Å². The second kappa shape index (κ2) is 5.92. The van der Waals surface area contributed by atoms with E-state index in [-0.39, 0.29) is 24.2 Å². The molecule has 2 saturated carbocycles. The maximum Gasteiger partial charge on any atom is 0.391 e. The molecule has 2 aliphatic rings. The second-order valence-corrected chi connectivity index (χ2v) is 6.36. The molecule has 2 atom stereocenters. The van der Waals surface area contributed by atoms with Crippen LogP contribution < -0.4 is 11.1 Å². The number of nitrogens with one attached hydrogen (secondary N) is 1. The summed E-state index contributed by atoms with van der Waals surface area (Å²) < 4.78 is 38.2. The molecule has 6 heteroatoms. The predicted molar refractivity (Wildman–Crippen MR) is 69.9 cm³/mol. The van der Waals surface area contributed by atoms with Crippen LogP contribution in [0.1, 0.15) is 44.9 Å². The van der Waals surface area contributed by atoms with Crippen LogP contribution in [-0.2, 0) is 4.79 Å². The van der Waals surface area contributed by atoms with E-state index in [0.717, 1.165) is 19.3 Å². The fourth-order valence-electron chi connectivity index (χ4n) is 3.14. The monoisotopic (exact) mass is 292 g/mol. The Balaban J connectivity index is 1.80. The van der Waals surface area contributed by atoms with Crippen molar-refractivity contribution in [2.24, 2.45) is 23.0 Å². The summed E-state index contributed by atoms with van der Waals surface area (Å²) in [5.74, 6) is -2.00. The van der Waals surface area contributed by atoms with E-state index in [1.807, 2.05) is 0 Å². The Hall–Kier alpha value is -0.780. The first kappa shape index (κ1) is 15.6. The molecular formula is C14H23F3N2O. The second-order valence-electron chi connectivity index (χ2n) is 6.36. The Kier molecular flexibility index (Phi) is 4.62. The van der Waals surface area contributed by atoms with Crippen LogP contribution in [0.25, 0.3) is 0 Å². The summed E-state index contributed by atoms with van der Waals surface area (Å²) in [4.78, 5) is 12.0. The fourth-order valence-corrected chi connectivity index (χ4v) is 3.14. The van der Waals surface area contributed by atoms with Crippen molar-refractivity contribution in [2.75, 3.05) is 13.1 Å². The van der Waals surface area contributed by atoms with Crippen molar-refractivity contribution >= 4 is 5.91 Å². The average Bonchev–Trinajstić information content (AvgIpc) is 3.16. The standard InChI is InChI=1S/C14H23F3N2O/c15-14(16,17)11-3-1-2-10(8-11)12(20)19-9-13(4-5-13)6-7-18/h10-11H,1-9,18H2,(H,19,20). The van der Waals surface area contributed by atoms with Crippen LogP contribution in [0.4, 0.5) is 13.2 Å². The van der Waals surface area contributed by atoms with Crippen molar-refractivity contribution in [1.82, 2.24) is 5.32 Å². The summed E-state index contributed by atoms with van der Waals surface area (Å²) in [7, 11) is 0. The minimum absolute atomic E-state index is 0.0563.